The van der Waals surface area contributed by atoms with Gasteiger partial charge >= 0.3 is 5.97 Å². The minimum Gasteiger partial charge on any atom is -0.494 e. The molecule has 8 nitrogen and oxygen atoms in total. The highest BCUT2D eigenvalue weighted by Gasteiger charge is 2.21. The Kier molecular flexibility index (Phi) is 10.0. The van der Waals surface area contributed by atoms with Crippen LogP contribution in [0.5, 0.6) is 5.75 Å². The molecule has 0 N–H and O–H groups in total. The highest BCUT2D eigenvalue weighted by molar-refractivity contribution is 7.89. The quantitative estimate of drug-likeness (QED) is 0.421. The molecule has 0 unspecified atom stereocenters. The Morgan fingerprint density at radius 1 is 1.00 bits per heavy atom. The molecule has 0 spiro atoms. The van der Waals surface area contributed by atoms with E-state index in [0.717, 1.165) is 5.56 Å². The molecule has 10 heteroatoms. The van der Waals surface area contributed by atoms with Crippen molar-refractivity contribution < 1.29 is 31.9 Å². The number of carbonyl (C=O) groups is 2. The van der Waals surface area contributed by atoms with Gasteiger partial charge in [-0.15, -0.1) is 0 Å². The number of halogens is 1. The van der Waals surface area contributed by atoms with Crippen molar-refractivity contribution in [1.82, 2.24) is 9.21 Å². The molecular formula is C24H31FN2O6S. The smallest absolute Gasteiger partial charge is 0.306 e. The predicted molar refractivity (Wildman–Crippen MR) is 125 cm³/mol. The molecule has 0 aliphatic heterocycles. The van der Waals surface area contributed by atoms with E-state index in [1.807, 2.05) is 0 Å². The second-order valence-electron chi connectivity index (χ2n) is 7.61. The van der Waals surface area contributed by atoms with Crippen LogP contribution in [0.2, 0.25) is 0 Å². The number of ether oxygens (including phenoxy) is 2. The molecule has 1 amide bonds. The summed E-state index contributed by atoms with van der Waals surface area (Å²) < 4.78 is 50.2. The summed E-state index contributed by atoms with van der Waals surface area (Å²) in [6, 6.07) is 10.8. The zero-order valence-corrected chi connectivity index (χ0v) is 20.7. The number of amides is 1. The lowest BCUT2D eigenvalue weighted by molar-refractivity contribution is -0.151. The Morgan fingerprint density at radius 3 is 2.18 bits per heavy atom. The molecule has 2 aromatic carbocycles. The second kappa shape index (κ2) is 12.5. The van der Waals surface area contributed by atoms with Crippen LogP contribution in [0.1, 0.15) is 31.4 Å². The van der Waals surface area contributed by atoms with Crippen molar-refractivity contribution in [2.45, 2.75) is 38.1 Å². The number of aryl methyl sites for hydroxylation is 1. The maximum atomic E-state index is 13.8. The number of sulfonamides is 1. The molecule has 186 valence electrons. The van der Waals surface area contributed by atoms with Gasteiger partial charge in [0.25, 0.3) is 5.91 Å². The van der Waals surface area contributed by atoms with Crippen molar-refractivity contribution in [2.24, 2.45) is 0 Å². The highest BCUT2D eigenvalue weighted by Crippen LogP contribution is 2.19. The zero-order chi connectivity index (χ0) is 25.3. The third kappa shape index (κ3) is 7.26. The fraction of sp³-hybridized carbons (Fsp3) is 0.417. The zero-order valence-electron chi connectivity index (χ0n) is 19.9. The first-order chi connectivity index (χ1) is 16.1. The van der Waals surface area contributed by atoms with E-state index in [-0.39, 0.29) is 23.6 Å². The summed E-state index contributed by atoms with van der Waals surface area (Å²) in [5.41, 5.74) is 1.35. The fourth-order valence-corrected chi connectivity index (χ4v) is 4.74. The SMILES string of the molecule is CCN(CC)S(=O)(=O)c1ccc(CCC(=O)OCC(=O)N(C)Cc2ccc(OC)c(F)c2)cc1. The van der Waals surface area contributed by atoms with Crippen molar-refractivity contribution in [3.63, 3.8) is 0 Å². The van der Waals surface area contributed by atoms with Gasteiger partial charge in [0.2, 0.25) is 10.0 Å². The lowest BCUT2D eigenvalue weighted by Crippen LogP contribution is -2.31. The minimum absolute atomic E-state index is 0.0445. The molecule has 0 aliphatic carbocycles. The molecule has 2 aromatic rings. The highest BCUT2D eigenvalue weighted by atomic mass is 32.2. The van der Waals surface area contributed by atoms with E-state index in [1.54, 1.807) is 32.0 Å². The van der Waals surface area contributed by atoms with Crippen molar-refractivity contribution in [1.29, 1.82) is 0 Å². The van der Waals surface area contributed by atoms with Gasteiger partial charge in [0.15, 0.2) is 18.2 Å². The number of benzene rings is 2. The van der Waals surface area contributed by atoms with Gasteiger partial charge in [-0.25, -0.2) is 12.8 Å². The van der Waals surface area contributed by atoms with Crippen LogP contribution in [-0.4, -0.2) is 63.4 Å². The second-order valence-corrected chi connectivity index (χ2v) is 9.55. The first-order valence-electron chi connectivity index (χ1n) is 10.9. The average molecular weight is 495 g/mol. The molecule has 2 rings (SSSR count). The van der Waals surface area contributed by atoms with Crippen LogP contribution in [0.25, 0.3) is 0 Å². The Labute approximate surface area is 200 Å². The summed E-state index contributed by atoms with van der Waals surface area (Å²) in [6.07, 6.45) is 0.391. The van der Waals surface area contributed by atoms with E-state index < -0.39 is 34.3 Å². The summed E-state index contributed by atoms with van der Waals surface area (Å²) >= 11 is 0. The normalized spacial score (nSPS) is 11.4. The van der Waals surface area contributed by atoms with E-state index in [9.17, 15) is 22.4 Å². The molecule has 0 heterocycles. The Bertz CT molecular complexity index is 1090. The van der Waals surface area contributed by atoms with Gasteiger partial charge in [-0.3, -0.25) is 9.59 Å². The molecule has 0 aromatic heterocycles. The lowest BCUT2D eigenvalue weighted by atomic mass is 10.1. The van der Waals surface area contributed by atoms with E-state index in [1.165, 1.54) is 47.6 Å². The van der Waals surface area contributed by atoms with E-state index >= 15 is 0 Å². The minimum atomic E-state index is -3.53. The molecule has 0 atom stereocenters. The van der Waals surface area contributed by atoms with Crippen molar-refractivity contribution in [3.8, 4) is 5.75 Å². The molecule has 0 aliphatic rings. The molecule has 0 saturated carbocycles. The van der Waals surface area contributed by atoms with Gasteiger partial charge in [0.1, 0.15) is 0 Å². The summed E-state index contributed by atoms with van der Waals surface area (Å²) in [5, 5.41) is 0. The third-order valence-corrected chi connectivity index (χ3v) is 7.37. The van der Waals surface area contributed by atoms with Crippen LogP contribution in [-0.2, 0) is 37.3 Å². The average Bonchev–Trinajstić information content (AvgIpc) is 2.82. The number of hydrogen-bond donors (Lipinski definition) is 0. The molecule has 34 heavy (non-hydrogen) atoms. The molecule has 0 saturated heterocycles. The van der Waals surface area contributed by atoms with Crippen LogP contribution in [0.15, 0.2) is 47.4 Å². The van der Waals surface area contributed by atoms with Crippen molar-refractivity contribution in [2.75, 3.05) is 33.9 Å². The Morgan fingerprint density at radius 2 is 1.62 bits per heavy atom. The predicted octanol–water partition coefficient (Wildman–Crippen LogP) is 3.00. The maximum absolute atomic E-state index is 13.8. The number of likely N-dealkylation sites (N-methyl/N-ethyl adjacent to an activating group) is 1. The number of esters is 1. The van der Waals surface area contributed by atoms with E-state index in [2.05, 4.69) is 0 Å². The summed E-state index contributed by atoms with van der Waals surface area (Å²) in [7, 11) is -0.628. The Balaban J connectivity index is 1.81. The molecular weight excluding hydrogens is 463 g/mol. The first-order valence-corrected chi connectivity index (χ1v) is 12.4. The van der Waals surface area contributed by atoms with Gasteiger partial charge < -0.3 is 14.4 Å². The standard InChI is InChI=1S/C24H31FN2O6S/c1-5-27(6-2)34(30,31)20-11-7-18(8-12-20)10-14-24(29)33-17-23(28)26(3)16-19-9-13-22(32-4)21(25)15-19/h7-9,11-13,15H,5-6,10,14,16-17H2,1-4H3. The number of carbonyl (C=O) groups excluding carboxylic acids is 2. The van der Waals surface area contributed by atoms with Crippen molar-refractivity contribution >= 4 is 21.9 Å². The lowest BCUT2D eigenvalue weighted by Gasteiger charge is -2.18. The first kappa shape index (κ1) is 27.3. The fourth-order valence-electron chi connectivity index (χ4n) is 3.28. The van der Waals surface area contributed by atoms with Crippen LogP contribution in [0.3, 0.4) is 0 Å². The summed E-state index contributed by atoms with van der Waals surface area (Å²) in [4.78, 5) is 25.8. The summed E-state index contributed by atoms with van der Waals surface area (Å²) in [6.45, 7) is 4.06. The number of hydrogen-bond acceptors (Lipinski definition) is 6. The van der Waals surface area contributed by atoms with Gasteiger partial charge in [0.05, 0.1) is 12.0 Å². The molecule has 0 fully saturated rings. The van der Waals surface area contributed by atoms with E-state index in [0.29, 0.717) is 25.1 Å². The molecule has 0 radical (unpaired) electrons. The topological polar surface area (TPSA) is 93.2 Å². The Hall–Kier alpha value is -2.98. The van der Waals surface area contributed by atoms with Crippen LogP contribution in [0.4, 0.5) is 4.39 Å². The van der Waals surface area contributed by atoms with Crippen molar-refractivity contribution in [3.05, 3.63) is 59.4 Å². The van der Waals surface area contributed by atoms with Gasteiger partial charge in [0, 0.05) is 33.1 Å². The maximum Gasteiger partial charge on any atom is 0.306 e. The van der Waals surface area contributed by atoms with Gasteiger partial charge in [-0.05, 0) is 41.8 Å². The number of methoxy groups -OCH3 is 1. The van der Waals surface area contributed by atoms with Crippen LogP contribution in [0, 0.1) is 5.82 Å². The third-order valence-electron chi connectivity index (χ3n) is 5.30. The van der Waals surface area contributed by atoms with E-state index in [4.69, 9.17) is 9.47 Å². The largest absolute Gasteiger partial charge is 0.494 e. The van der Waals surface area contributed by atoms with Gasteiger partial charge in [-0.1, -0.05) is 32.0 Å². The summed E-state index contributed by atoms with van der Waals surface area (Å²) in [5.74, 6) is -1.37. The monoisotopic (exact) mass is 494 g/mol. The number of nitrogens with zero attached hydrogens (tertiary/aromatic N) is 2. The van der Waals surface area contributed by atoms with Crippen LogP contribution >= 0.6 is 0 Å². The van der Waals surface area contributed by atoms with Crippen LogP contribution < -0.4 is 4.74 Å². The molecule has 0 bridgehead atoms. The van der Waals surface area contributed by atoms with Gasteiger partial charge in [-0.2, -0.15) is 4.31 Å². The number of rotatable bonds is 12.